The van der Waals surface area contributed by atoms with Crippen LogP contribution in [0.1, 0.15) is 53.9 Å². The van der Waals surface area contributed by atoms with Crippen LogP contribution in [-0.4, -0.2) is 56.0 Å². The Balaban J connectivity index is 0.00000304. The van der Waals surface area contributed by atoms with Gasteiger partial charge in [0, 0.05) is 36.6 Å². The van der Waals surface area contributed by atoms with Gasteiger partial charge in [0.05, 0.1) is 17.8 Å². The number of halogens is 1. The summed E-state index contributed by atoms with van der Waals surface area (Å²) in [6.07, 6.45) is 4.33. The fraction of sp³-hybridized carbons (Fsp3) is 0.400. The fourth-order valence-corrected chi connectivity index (χ4v) is 5.05. The Hall–Kier alpha value is -3.50. The zero-order valence-electron chi connectivity index (χ0n) is 20.4. The summed E-state index contributed by atoms with van der Waals surface area (Å²) in [5.74, 6) is -0.0771. The molecule has 6 N–H and O–H groups in total. The molecule has 0 saturated carbocycles. The fourth-order valence-electron chi connectivity index (χ4n) is 5.05. The van der Waals surface area contributed by atoms with Gasteiger partial charge in [-0.15, -0.1) is 12.4 Å². The van der Waals surface area contributed by atoms with Crippen LogP contribution in [0.3, 0.4) is 0 Å². The highest BCUT2D eigenvalue weighted by molar-refractivity contribution is 6.05. The molecule has 0 atom stereocenters. The first-order chi connectivity index (χ1) is 16.7. The number of aromatic amines is 1. The van der Waals surface area contributed by atoms with Crippen LogP contribution in [0.4, 0.5) is 11.6 Å². The number of hydrogen-bond acceptors (Lipinski definition) is 7. The van der Waals surface area contributed by atoms with E-state index < -0.39 is 0 Å². The van der Waals surface area contributed by atoms with E-state index in [9.17, 15) is 9.59 Å². The van der Waals surface area contributed by atoms with Crippen LogP contribution in [0, 0.1) is 0 Å². The maximum atomic E-state index is 13.3. The number of fused-ring (bicyclic) bond motifs is 3. The highest BCUT2D eigenvalue weighted by atomic mass is 35.5. The largest absolute Gasteiger partial charge is 0.368 e. The summed E-state index contributed by atoms with van der Waals surface area (Å²) in [5.41, 5.74) is 16.3. The number of nitrogen functional groups attached to an aromatic ring is 1. The Morgan fingerprint density at radius 2 is 2.00 bits per heavy atom. The first kappa shape index (κ1) is 25.6. The molecule has 3 heterocycles. The zero-order valence-corrected chi connectivity index (χ0v) is 21.2. The van der Waals surface area contributed by atoms with Gasteiger partial charge in [-0.2, -0.15) is 5.10 Å². The van der Waals surface area contributed by atoms with E-state index in [1.807, 2.05) is 23.1 Å². The Morgan fingerprint density at radius 1 is 1.25 bits per heavy atom. The molecular formula is C25H31ClN8O2. The minimum Gasteiger partial charge on any atom is -0.368 e. The topological polar surface area (TPSA) is 156 Å². The van der Waals surface area contributed by atoms with Crippen molar-refractivity contribution in [2.45, 2.75) is 51.0 Å². The van der Waals surface area contributed by atoms with Crippen LogP contribution in [0.2, 0.25) is 0 Å². The normalized spacial score (nSPS) is 16.5. The molecule has 0 radical (unpaired) electrons. The highest BCUT2D eigenvalue weighted by Crippen LogP contribution is 2.42. The average molecular weight is 511 g/mol. The molecule has 2 aromatic heterocycles. The minimum atomic E-state index is -0.354. The molecule has 3 aromatic rings. The molecule has 36 heavy (non-hydrogen) atoms. The maximum absolute atomic E-state index is 13.3. The van der Waals surface area contributed by atoms with Gasteiger partial charge in [-0.3, -0.25) is 14.7 Å². The number of benzene rings is 1. The molecule has 11 heteroatoms. The molecule has 1 aliphatic heterocycles. The number of amides is 2. The number of H-pyrrole nitrogens is 1. The predicted octanol–water partition coefficient (Wildman–Crippen LogP) is 2.45. The van der Waals surface area contributed by atoms with Crippen LogP contribution in [0.5, 0.6) is 0 Å². The van der Waals surface area contributed by atoms with E-state index in [0.29, 0.717) is 42.3 Å². The second-order valence-electron chi connectivity index (χ2n) is 10.0. The Morgan fingerprint density at radius 3 is 2.75 bits per heavy atom. The highest BCUT2D eigenvalue weighted by Gasteiger charge is 2.38. The lowest BCUT2D eigenvalue weighted by molar-refractivity contribution is -0.131. The van der Waals surface area contributed by atoms with E-state index in [2.05, 4.69) is 39.3 Å². The number of piperidine rings is 1. The molecule has 10 nitrogen and oxygen atoms in total. The van der Waals surface area contributed by atoms with Crippen LogP contribution in [0.15, 0.2) is 30.5 Å². The molecule has 1 aromatic carbocycles. The third kappa shape index (κ3) is 4.91. The summed E-state index contributed by atoms with van der Waals surface area (Å²) in [4.78, 5) is 36.4. The average Bonchev–Trinajstić information content (AvgIpc) is 3.27. The van der Waals surface area contributed by atoms with E-state index in [-0.39, 0.29) is 48.0 Å². The summed E-state index contributed by atoms with van der Waals surface area (Å²) in [6, 6.07) is 7.54. The number of carbonyl (C=O) groups excluding carboxylic acids is 2. The van der Waals surface area contributed by atoms with Gasteiger partial charge in [0.1, 0.15) is 0 Å². The van der Waals surface area contributed by atoms with E-state index in [4.69, 9.17) is 11.5 Å². The van der Waals surface area contributed by atoms with E-state index in [1.165, 1.54) is 0 Å². The van der Waals surface area contributed by atoms with Gasteiger partial charge < -0.3 is 21.7 Å². The van der Waals surface area contributed by atoms with Gasteiger partial charge >= 0.3 is 0 Å². The molecule has 0 unspecified atom stereocenters. The number of nitrogens with two attached hydrogens (primary N) is 2. The molecule has 190 valence electrons. The van der Waals surface area contributed by atoms with Crippen molar-refractivity contribution < 1.29 is 9.59 Å². The lowest BCUT2D eigenvalue weighted by Crippen LogP contribution is -2.43. The third-order valence-corrected chi connectivity index (χ3v) is 6.84. The predicted molar refractivity (Wildman–Crippen MR) is 140 cm³/mol. The number of likely N-dealkylation sites (tertiary alicyclic amines) is 1. The van der Waals surface area contributed by atoms with Crippen molar-refractivity contribution in [1.82, 2.24) is 25.1 Å². The molecular weight excluding hydrogens is 480 g/mol. The number of nitrogens with zero attached hydrogens (tertiary/aromatic N) is 4. The maximum Gasteiger partial charge on any atom is 0.276 e. The third-order valence-electron chi connectivity index (χ3n) is 6.84. The van der Waals surface area contributed by atoms with Crippen molar-refractivity contribution in [1.29, 1.82) is 0 Å². The monoisotopic (exact) mass is 510 g/mol. The first-order valence-corrected chi connectivity index (χ1v) is 11.9. The number of nitrogens with one attached hydrogen (secondary N) is 2. The van der Waals surface area contributed by atoms with E-state index in [1.54, 1.807) is 12.3 Å². The summed E-state index contributed by atoms with van der Waals surface area (Å²) < 4.78 is 0. The summed E-state index contributed by atoms with van der Waals surface area (Å²) in [5, 5.41) is 10.3. The number of hydrogen-bond donors (Lipinski definition) is 4. The quantitative estimate of drug-likeness (QED) is 0.420. The van der Waals surface area contributed by atoms with Crippen molar-refractivity contribution in [2.75, 3.05) is 24.1 Å². The zero-order chi connectivity index (χ0) is 24.7. The van der Waals surface area contributed by atoms with Crippen molar-refractivity contribution in [3.05, 3.63) is 52.8 Å². The Labute approximate surface area is 215 Å². The first-order valence-electron chi connectivity index (χ1n) is 11.9. The number of rotatable bonds is 4. The van der Waals surface area contributed by atoms with Crippen molar-refractivity contribution in [2.24, 2.45) is 5.73 Å². The Bertz CT molecular complexity index is 1300. The van der Waals surface area contributed by atoms with Gasteiger partial charge in [-0.05, 0) is 47.9 Å². The molecule has 1 aliphatic carbocycles. The summed E-state index contributed by atoms with van der Waals surface area (Å²) >= 11 is 0. The van der Waals surface area contributed by atoms with Crippen LogP contribution in [-0.2, 0) is 23.1 Å². The van der Waals surface area contributed by atoms with Crippen LogP contribution < -0.4 is 16.8 Å². The van der Waals surface area contributed by atoms with Gasteiger partial charge in [0.25, 0.3) is 5.91 Å². The molecule has 2 aliphatic rings. The number of aromatic nitrogens is 4. The van der Waals surface area contributed by atoms with Crippen LogP contribution >= 0.6 is 12.4 Å². The summed E-state index contributed by atoms with van der Waals surface area (Å²) in [6.45, 7) is 5.51. The molecule has 1 fully saturated rings. The van der Waals surface area contributed by atoms with Gasteiger partial charge in [0.15, 0.2) is 5.69 Å². The number of carbonyl (C=O) groups is 2. The van der Waals surface area contributed by atoms with Crippen molar-refractivity contribution >= 4 is 35.9 Å². The minimum absolute atomic E-state index is 0. The van der Waals surface area contributed by atoms with E-state index in [0.717, 1.165) is 29.5 Å². The lowest BCUT2D eigenvalue weighted by Gasteiger charge is -2.31. The van der Waals surface area contributed by atoms with Crippen LogP contribution in [0.25, 0.3) is 11.4 Å². The number of anilines is 2. The van der Waals surface area contributed by atoms with E-state index >= 15 is 0 Å². The Kier molecular flexibility index (Phi) is 7.01. The second kappa shape index (κ2) is 9.87. The van der Waals surface area contributed by atoms with Gasteiger partial charge in [-0.25, -0.2) is 9.97 Å². The summed E-state index contributed by atoms with van der Waals surface area (Å²) in [7, 11) is 0. The molecule has 0 spiro atoms. The SMILES string of the molecule is CC1(C)Cc2cnc(N)nc2-c2[nH]nc(C(=O)Nc3cccc(CC(=O)N4CCC(N)CC4)c3)c21.Cl. The van der Waals surface area contributed by atoms with Crippen molar-refractivity contribution in [3.63, 3.8) is 0 Å². The molecule has 2 amide bonds. The van der Waals surface area contributed by atoms with Gasteiger partial charge in [-0.1, -0.05) is 26.0 Å². The van der Waals surface area contributed by atoms with Crippen molar-refractivity contribution in [3.8, 4) is 11.4 Å². The smallest absolute Gasteiger partial charge is 0.276 e. The lowest BCUT2D eigenvalue weighted by atomic mass is 9.73. The second-order valence-corrected chi connectivity index (χ2v) is 10.0. The molecule has 5 rings (SSSR count). The van der Waals surface area contributed by atoms with Gasteiger partial charge in [0.2, 0.25) is 11.9 Å². The molecule has 1 saturated heterocycles. The standard InChI is InChI=1S/C25H30N8O2.ClH/c1-25(2)12-15-13-28-24(27)30-20(15)21-19(25)22(32-31-21)23(35)29-17-5-3-4-14(10-17)11-18(34)33-8-6-16(26)7-9-33;/h3-5,10,13,16H,6-9,11-12,26H2,1-2H3,(H,29,35)(H,31,32)(H2,27,28,30);1H. The molecule has 0 bridgehead atoms.